The third-order valence-corrected chi connectivity index (χ3v) is 2.98. The minimum Gasteiger partial charge on any atom is -0.493 e. The third kappa shape index (κ3) is 3.33. The lowest BCUT2D eigenvalue weighted by Crippen LogP contribution is -2.03. The molecule has 0 atom stereocenters. The van der Waals surface area contributed by atoms with Crippen LogP contribution in [-0.2, 0) is 6.61 Å². The third-order valence-electron chi connectivity index (χ3n) is 2.68. The Hall–Kier alpha value is -1.94. The van der Waals surface area contributed by atoms with Crippen LogP contribution in [0.5, 0.6) is 11.5 Å². The van der Waals surface area contributed by atoms with E-state index in [9.17, 15) is 4.39 Å². The van der Waals surface area contributed by atoms with Gasteiger partial charge in [-0.1, -0.05) is 17.7 Å². The second kappa shape index (κ2) is 6.48. The highest BCUT2D eigenvalue weighted by atomic mass is 35.5. The molecule has 0 aromatic heterocycles. The van der Waals surface area contributed by atoms with Crippen molar-refractivity contribution < 1.29 is 13.9 Å². The SMILES string of the molecule is CCOc1ccc(N)cc1COc1cccc(Cl)c1F. The van der Waals surface area contributed by atoms with Crippen LogP contribution in [0.25, 0.3) is 0 Å². The molecule has 0 saturated carbocycles. The number of hydrogen-bond donors (Lipinski definition) is 1. The minimum atomic E-state index is -0.573. The minimum absolute atomic E-state index is 0.0279. The van der Waals surface area contributed by atoms with Gasteiger partial charge in [-0.05, 0) is 37.3 Å². The van der Waals surface area contributed by atoms with E-state index >= 15 is 0 Å². The number of ether oxygens (including phenoxy) is 2. The van der Waals surface area contributed by atoms with Crippen molar-refractivity contribution in [3.8, 4) is 11.5 Å². The van der Waals surface area contributed by atoms with Crippen molar-refractivity contribution >= 4 is 17.3 Å². The Balaban J connectivity index is 2.18. The first-order valence-electron chi connectivity index (χ1n) is 6.19. The molecule has 0 fully saturated rings. The van der Waals surface area contributed by atoms with E-state index in [2.05, 4.69) is 0 Å². The van der Waals surface area contributed by atoms with E-state index in [0.717, 1.165) is 5.56 Å². The number of rotatable bonds is 5. The fraction of sp³-hybridized carbons (Fsp3) is 0.200. The lowest BCUT2D eigenvalue weighted by molar-refractivity contribution is 0.275. The van der Waals surface area contributed by atoms with Gasteiger partial charge in [0.15, 0.2) is 11.6 Å². The molecule has 2 N–H and O–H groups in total. The van der Waals surface area contributed by atoms with E-state index in [0.29, 0.717) is 18.0 Å². The summed E-state index contributed by atoms with van der Waals surface area (Å²) in [4.78, 5) is 0. The molecular weight excluding hydrogens is 281 g/mol. The summed E-state index contributed by atoms with van der Waals surface area (Å²) in [7, 11) is 0. The standard InChI is InChI=1S/C15H15ClFNO2/c1-2-19-13-7-6-11(18)8-10(13)9-20-14-5-3-4-12(16)15(14)17/h3-8H,2,9,18H2,1H3. The Kier molecular flexibility index (Phi) is 4.69. The molecule has 0 unspecified atom stereocenters. The molecule has 0 heterocycles. The van der Waals surface area contributed by atoms with Crippen molar-refractivity contribution in [3.05, 3.63) is 52.8 Å². The van der Waals surface area contributed by atoms with E-state index in [1.807, 2.05) is 6.92 Å². The molecule has 0 amide bonds. The maximum atomic E-state index is 13.7. The molecule has 0 saturated heterocycles. The topological polar surface area (TPSA) is 44.5 Å². The average molecular weight is 296 g/mol. The monoisotopic (exact) mass is 295 g/mol. The van der Waals surface area contributed by atoms with Crippen LogP contribution >= 0.6 is 11.6 Å². The van der Waals surface area contributed by atoms with Crippen molar-refractivity contribution in [2.24, 2.45) is 0 Å². The normalized spacial score (nSPS) is 10.3. The zero-order chi connectivity index (χ0) is 14.5. The van der Waals surface area contributed by atoms with E-state index < -0.39 is 5.82 Å². The number of benzene rings is 2. The lowest BCUT2D eigenvalue weighted by Gasteiger charge is -2.13. The molecule has 5 heteroatoms. The number of halogens is 2. The summed E-state index contributed by atoms with van der Waals surface area (Å²) >= 11 is 5.70. The largest absolute Gasteiger partial charge is 0.493 e. The van der Waals surface area contributed by atoms with Crippen LogP contribution in [-0.4, -0.2) is 6.61 Å². The van der Waals surface area contributed by atoms with E-state index in [1.54, 1.807) is 24.3 Å². The van der Waals surface area contributed by atoms with Gasteiger partial charge in [-0.2, -0.15) is 0 Å². The summed E-state index contributed by atoms with van der Waals surface area (Å²) in [5.41, 5.74) is 7.09. The van der Waals surface area contributed by atoms with Crippen molar-refractivity contribution in [3.63, 3.8) is 0 Å². The van der Waals surface area contributed by atoms with E-state index in [-0.39, 0.29) is 17.4 Å². The molecule has 0 radical (unpaired) electrons. The molecule has 0 bridgehead atoms. The van der Waals surface area contributed by atoms with Gasteiger partial charge in [-0.15, -0.1) is 0 Å². The first kappa shape index (κ1) is 14.5. The van der Waals surface area contributed by atoms with Crippen LogP contribution in [0.4, 0.5) is 10.1 Å². The number of anilines is 1. The van der Waals surface area contributed by atoms with Gasteiger partial charge in [-0.3, -0.25) is 0 Å². The van der Waals surface area contributed by atoms with Crippen molar-refractivity contribution in [2.75, 3.05) is 12.3 Å². The first-order chi connectivity index (χ1) is 9.61. The summed E-state index contributed by atoms with van der Waals surface area (Å²) in [5, 5.41) is 0.0279. The predicted molar refractivity (Wildman–Crippen MR) is 77.8 cm³/mol. The smallest absolute Gasteiger partial charge is 0.183 e. The van der Waals surface area contributed by atoms with Gasteiger partial charge in [-0.25, -0.2) is 4.39 Å². The lowest BCUT2D eigenvalue weighted by atomic mass is 10.2. The summed E-state index contributed by atoms with van der Waals surface area (Å²) in [5.74, 6) is 0.197. The number of nitrogens with two attached hydrogens (primary N) is 1. The summed E-state index contributed by atoms with van der Waals surface area (Å²) in [6.45, 7) is 2.57. The van der Waals surface area contributed by atoms with Crippen molar-refractivity contribution in [1.29, 1.82) is 0 Å². The van der Waals surface area contributed by atoms with Gasteiger partial charge in [0.2, 0.25) is 0 Å². The molecule has 0 spiro atoms. The van der Waals surface area contributed by atoms with Crippen molar-refractivity contribution in [1.82, 2.24) is 0 Å². The molecule has 20 heavy (non-hydrogen) atoms. The van der Waals surface area contributed by atoms with Crippen LogP contribution in [0, 0.1) is 5.82 Å². The Bertz CT molecular complexity index is 604. The first-order valence-corrected chi connectivity index (χ1v) is 6.57. The van der Waals surface area contributed by atoms with Gasteiger partial charge in [0.1, 0.15) is 12.4 Å². The Morgan fingerprint density at radius 3 is 2.70 bits per heavy atom. The highest BCUT2D eigenvalue weighted by Gasteiger charge is 2.10. The summed E-state index contributed by atoms with van der Waals surface area (Å²) < 4.78 is 24.6. The van der Waals surface area contributed by atoms with E-state index in [4.69, 9.17) is 26.8 Å². The fourth-order valence-corrected chi connectivity index (χ4v) is 1.93. The summed E-state index contributed by atoms with van der Waals surface area (Å²) in [6.07, 6.45) is 0. The highest BCUT2D eigenvalue weighted by Crippen LogP contribution is 2.27. The zero-order valence-corrected chi connectivity index (χ0v) is 11.8. The maximum Gasteiger partial charge on any atom is 0.183 e. The van der Waals surface area contributed by atoms with E-state index in [1.165, 1.54) is 12.1 Å². The Morgan fingerprint density at radius 1 is 1.15 bits per heavy atom. The fourth-order valence-electron chi connectivity index (χ4n) is 1.76. The molecule has 2 aromatic rings. The average Bonchev–Trinajstić information content (AvgIpc) is 2.43. The van der Waals surface area contributed by atoms with Crippen LogP contribution in [0.1, 0.15) is 12.5 Å². The predicted octanol–water partition coefficient (Wildman–Crippen LogP) is 4.04. The van der Waals surface area contributed by atoms with Crippen LogP contribution in [0.3, 0.4) is 0 Å². The number of hydrogen-bond acceptors (Lipinski definition) is 3. The van der Waals surface area contributed by atoms with Gasteiger partial charge >= 0.3 is 0 Å². The molecule has 106 valence electrons. The Labute approximate surface area is 122 Å². The van der Waals surface area contributed by atoms with Gasteiger partial charge in [0, 0.05) is 11.3 Å². The molecule has 2 aromatic carbocycles. The zero-order valence-electron chi connectivity index (χ0n) is 11.0. The molecule has 3 nitrogen and oxygen atoms in total. The molecule has 0 aliphatic heterocycles. The van der Waals surface area contributed by atoms with Crippen molar-refractivity contribution in [2.45, 2.75) is 13.5 Å². The second-order valence-electron chi connectivity index (χ2n) is 4.14. The molecule has 2 rings (SSSR count). The maximum absolute atomic E-state index is 13.7. The summed E-state index contributed by atoms with van der Waals surface area (Å²) in [6, 6.07) is 9.88. The van der Waals surface area contributed by atoms with Crippen LogP contribution < -0.4 is 15.2 Å². The van der Waals surface area contributed by atoms with Gasteiger partial charge in [0.25, 0.3) is 0 Å². The number of nitrogen functional groups attached to an aromatic ring is 1. The van der Waals surface area contributed by atoms with Gasteiger partial charge in [0.05, 0.1) is 11.6 Å². The molecule has 0 aliphatic rings. The van der Waals surface area contributed by atoms with Crippen LogP contribution in [0.2, 0.25) is 5.02 Å². The highest BCUT2D eigenvalue weighted by molar-refractivity contribution is 6.30. The molecular formula is C15H15ClFNO2. The second-order valence-corrected chi connectivity index (χ2v) is 4.55. The Morgan fingerprint density at radius 2 is 1.95 bits per heavy atom. The van der Waals surface area contributed by atoms with Gasteiger partial charge < -0.3 is 15.2 Å². The van der Waals surface area contributed by atoms with Crippen LogP contribution in [0.15, 0.2) is 36.4 Å². The quantitative estimate of drug-likeness (QED) is 0.847. The molecule has 0 aliphatic carbocycles.